The van der Waals surface area contributed by atoms with E-state index >= 15 is 0 Å². The maximum absolute atomic E-state index is 11.8. The Hall–Kier alpha value is -2.33. The number of fused-ring (bicyclic) bond motifs is 1. The molecule has 0 radical (unpaired) electrons. The standard InChI is InChI=1S/C23H30N2O2/c1-2-3-4-5-6-7-8-14-27-21-12-13-22-18(10-9-11-19(22)16-21)15-20-17-24-25-23(20)26/h9-13,15-16,24H,2-8,14,17H2,1H3,(H,25,26)/b20-15+. The van der Waals surface area contributed by atoms with Crippen LogP contribution < -0.4 is 15.6 Å². The van der Waals surface area contributed by atoms with Gasteiger partial charge in [0.2, 0.25) is 0 Å². The van der Waals surface area contributed by atoms with Crippen LogP contribution in [-0.4, -0.2) is 19.1 Å². The molecule has 2 N–H and O–H groups in total. The highest BCUT2D eigenvalue weighted by Crippen LogP contribution is 2.26. The molecular formula is C23H30N2O2. The summed E-state index contributed by atoms with van der Waals surface area (Å²) in [5.41, 5.74) is 7.28. The summed E-state index contributed by atoms with van der Waals surface area (Å²) in [5, 5.41) is 2.26. The number of benzene rings is 2. The van der Waals surface area contributed by atoms with Crippen LogP contribution in [0.5, 0.6) is 5.75 Å². The smallest absolute Gasteiger partial charge is 0.262 e. The van der Waals surface area contributed by atoms with Crippen LogP contribution >= 0.6 is 0 Å². The van der Waals surface area contributed by atoms with E-state index in [0.717, 1.165) is 40.7 Å². The van der Waals surface area contributed by atoms with E-state index < -0.39 is 0 Å². The summed E-state index contributed by atoms with van der Waals surface area (Å²) in [6.45, 7) is 3.57. The van der Waals surface area contributed by atoms with Gasteiger partial charge in [0.25, 0.3) is 5.91 Å². The van der Waals surface area contributed by atoms with E-state index in [4.69, 9.17) is 4.74 Å². The Balaban J connectivity index is 1.56. The predicted molar refractivity (Wildman–Crippen MR) is 112 cm³/mol. The Bertz CT molecular complexity index is 798. The van der Waals surface area contributed by atoms with Gasteiger partial charge in [-0.2, -0.15) is 0 Å². The zero-order valence-electron chi connectivity index (χ0n) is 16.2. The average Bonchev–Trinajstić information content (AvgIpc) is 3.08. The van der Waals surface area contributed by atoms with Crippen LogP contribution in [0.15, 0.2) is 42.0 Å². The molecule has 1 aliphatic heterocycles. The molecule has 4 nitrogen and oxygen atoms in total. The van der Waals surface area contributed by atoms with Crippen molar-refractivity contribution in [1.82, 2.24) is 10.9 Å². The Morgan fingerprint density at radius 1 is 1.04 bits per heavy atom. The van der Waals surface area contributed by atoms with Gasteiger partial charge >= 0.3 is 0 Å². The molecule has 1 fully saturated rings. The first-order chi connectivity index (χ1) is 13.3. The first-order valence-corrected chi connectivity index (χ1v) is 10.2. The molecule has 2 aromatic carbocycles. The van der Waals surface area contributed by atoms with Gasteiger partial charge in [0.15, 0.2) is 0 Å². The molecule has 1 heterocycles. The largest absolute Gasteiger partial charge is 0.494 e. The molecule has 0 saturated carbocycles. The molecule has 1 aliphatic rings. The van der Waals surface area contributed by atoms with E-state index in [9.17, 15) is 4.79 Å². The number of hydrazine groups is 1. The Morgan fingerprint density at radius 2 is 1.85 bits per heavy atom. The van der Waals surface area contributed by atoms with Crippen molar-refractivity contribution in [1.29, 1.82) is 0 Å². The van der Waals surface area contributed by atoms with Gasteiger partial charge in [0.1, 0.15) is 5.75 Å². The van der Waals surface area contributed by atoms with E-state index in [1.165, 1.54) is 38.5 Å². The summed E-state index contributed by atoms with van der Waals surface area (Å²) in [6.07, 6.45) is 11.0. The number of amides is 1. The van der Waals surface area contributed by atoms with Crippen molar-refractivity contribution >= 4 is 22.8 Å². The third-order valence-electron chi connectivity index (χ3n) is 5.00. The molecule has 0 bridgehead atoms. The number of unbranched alkanes of at least 4 members (excludes halogenated alkanes) is 6. The number of ether oxygens (including phenoxy) is 1. The lowest BCUT2D eigenvalue weighted by Crippen LogP contribution is -2.25. The number of carbonyl (C=O) groups is 1. The lowest BCUT2D eigenvalue weighted by Gasteiger charge is -2.09. The molecule has 1 amide bonds. The van der Waals surface area contributed by atoms with Gasteiger partial charge in [-0.1, -0.05) is 69.7 Å². The summed E-state index contributed by atoms with van der Waals surface area (Å²) in [6, 6.07) is 12.4. The van der Waals surface area contributed by atoms with Gasteiger partial charge in [-0.15, -0.1) is 0 Å². The molecule has 0 aromatic heterocycles. The highest BCUT2D eigenvalue weighted by Gasteiger charge is 2.15. The van der Waals surface area contributed by atoms with Crippen molar-refractivity contribution < 1.29 is 9.53 Å². The van der Waals surface area contributed by atoms with Crippen molar-refractivity contribution in [2.45, 2.75) is 51.9 Å². The van der Waals surface area contributed by atoms with Crippen LogP contribution in [0.4, 0.5) is 0 Å². The second-order valence-corrected chi connectivity index (χ2v) is 7.18. The predicted octanol–water partition coefficient (Wildman–Crippen LogP) is 4.99. The minimum atomic E-state index is -0.0540. The molecule has 0 spiro atoms. The molecule has 3 rings (SSSR count). The van der Waals surface area contributed by atoms with Crippen molar-refractivity contribution in [2.24, 2.45) is 0 Å². The van der Waals surface area contributed by atoms with E-state index in [2.05, 4.69) is 36.0 Å². The minimum Gasteiger partial charge on any atom is -0.494 e. The molecule has 0 aliphatic carbocycles. The van der Waals surface area contributed by atoms with E-state index in [1.54, 1.807) is 0 Å². The third kappa shape index (κ3) is 5.57. The normalized spacial score (nSPS) is 15.4. The van der Waals surface area contributed by atoms with Crippen molar-refractivity contribution in [3.63, 3.8) is 0 Å². The van der Waals surface area contributed by atoms with Crippen molar-refractivity contribution in [2.75, 3.05) is 13.2 Å². The van der Waals surface area contributed by atoms with Gasteiger partial charge in [-0.25, -0.2) is 5.43 Å². The number of rotatable bonds is 10. The number of hydrogen-bond donors (Lipinski definition) is 2. The molecule has 2 aromatic rings. The average molecular weight is 367 g/mol. The molecule has 144 valence electrons. The summed E-state index contributed by atoms with van der Waals surface area (Å²) in [4.78, 5) is 11.8. The topological polar surface area (TPSA) is 50.4 Å². The highest BCUT2D eigenvalue weighted by atomic mass is 16.5. The fraction of sp³-hybridized carbons (Fsp3) is 0.435. The van der Waals surface area contributed by atoms with Crippen LogP contribution in [0.3, 0.4) is 0 Å². The SMILES string of the molecule is CCCCCCCCCOc1ccc2c(/C=C3\CNNC3=O)cccc2c1. The third-order valence-corrected chi connectivity index (χ3v) is 5.00. The van der Waals surface area contributed by atoms with Crippen molar-refractivity contribution in [3.8, 4) is 5.75 Å². The molecule has 0 unspecified atom stereocenters. The fourth-order valence-corrected chi connectivity index (χ4v) is 3.44. The van der Waals surface area contributed by atoms with Gasteiger partial charge in [0, 0.05) is 12.1 Å². The van der Waals surface area contributed by atoms with E-state index in [0.29, 0.717) is 6.54 Å². The monoisotopic (exact) mass is 366 g/mol. The number of nitrogens with one attached hydrogen (secondary N) is 2. The Morgan fingerprint density at radius 3 is 2.63 bits per heavy atom. The maximum Gasteiger partial charge on any atom is 0.262 e. The van der Waals surface area contributed by atoms with Gasteiger partial charge in [-0.3, -0.25) is 10.2 Å². The Labute approximate surface area is 162 Å². The van der Waals surface area contributed by atoms with Crippen molar-refractivity contribution in [3.05, 3.63) is 47.5 Å². The molecule has 1 saturated heterocycles. The minimum absolute atomic E-state index is 0.0540. The van der Waals surface area contributed by atoms with Crippen LogP contribution in [0.25, 0.3) is 16.8 Å². The molecule has 4 heteroatoms. The van der Waals surface area contributed by atoms with E-state index in [-0.39, 0.29) is 5.91 Å². The van der Waals surface area contributed by atoms with Gasteiger partial charge < -0.3 is 4.74 Å². The quantitative estimate of drug-likeness (QED) is 0.460. The first kappa shape index (κ1) is 19.4. The van der Waals surface area contributed by atoms with Crippen LogP contribution in [-0.2, 0) is 4.79 Å². The summed E-state index contributed by atoms with van der Waals surface area (Å²) < 4.78 is 5.94. The zero-order chi connectivity index (χ0) is 18.9. The number of hydrogen-bond acceptors (Lipinski definition) is 3. The zero-order valence-corrected chi connectivity index (χ0v) is 16.2. The van der Waals surface area contributed by atoms with E-state index in [1.807, 2.05) is 24.3 Å². The summed E-state index contributed by atoms with van der Waals surface area (Å²) in [5.74, 6) is 0.861. The van der Waals surface area contributed by atoms with Gasteiger partial charge in [0.05, 0.1) is 6.61 Å². The lowest BCUT2D eigenvalue weighted by molar-refractivity contribution is -0.116. The lowest BCUT2D eigenvalue weighted by atomic mass is 10.0. The maximum atomic E-state index is 11.8. The van der Waals surface area contributed by atoms with Crippen LogP contribution in [0.2, 0.25) is 0 Å². The second kappa shape index (κ2) is 10.1. The van der Waals surface area contributed by atoms with Crippen LogP contribution in [0.1, 0.15) is 57.4 Å². The second-order valence-electron chi connectivity index (χ2n) is 7.18. The highest BCUT2D eigenvalue weighted by molar-refractivity contribution is 6.02. The van der Waals surface area contributed by atoms with Gasteiger partial charge in [-0.05, 0) is 41.0 Å². The molecule has 0 atom stereocenters. The summed E-state index contributed by atoms with van der Waals surface area (Å²) >= 11 is 0. The summed E-state index contributed by atoms with van der Waals surface area (Å²) in [7, 11) is 0. The molecular weight excluding hydrogens is 336 g/mol. The Kier molecular flexibility index (Phi) is 7.28. The fourth-order valence-electron chi connectivity index (χ4n) is 3.44. The van der Waals surface area contributed by atoms with Crippen LogP contribution in [0, 0.1) is 0 Å². The molecule has 27 heavy (non-hydrogen) atoms. The number of carbonyl (C=O) groups excluding carboxylic acids is 1. The first-order valence-electron chi connectivity index (χ1n) is 10.2.